The molecule has 0 aromatic heterocycles. The summed E-state index contributed by atoms with van der Waals surface area (Å²) in [4.78, 5) is 9.83. The number of ether oxygens (including phenoxy) is 1. The molecule has 0 aliphatic carbocycles. The Morgan fingerprint density at radius 1 is 1.50 bits per heavy atom. The van der Waals surface area contributed by atoms with Crippen molar-refractivity contribution in [1.29, 1.82) is 0 Å². The third kappa shape index (κ3) is 2.86. The summed E-state index contributed by atoms with van der Waals surface area (Å²) in [6, 6.07) is 3.93. The van der Waals surface area contributed by atoms with Gasteiger partial charge in [-0.25, -0.2) is 8.42 Å². The molecule has 0 saturated heterocycles. The summed E-state index contributed by atoms with van der Waals surface area (Å²) in [5, 5.41) is 11.7. The van der Waals surface area contributed by atoms with Crippen molar-refractivity contribution in [2.45, 2.75) is 18.2 Å². The smallest absolute Gasteiger partial charge is 0.329 e. The van der Waals surface area contributed by atoms with Crippen LogP contribution in [-0.4, -0.2) is 19.9 Å². The molecule has 0 unspecified atom stereocenters. The van der Waals surface area contributed by atoms with E-state index in [2.05, 4.69) is 6.58 Å². The van der Waals surface area contributed by atoms with Crippen LogP contribution in [0.2, 0.25) is 0 Å². The number of hydrogen-bond acceptors (Lipinski definition) is 5. The maximum atomic E-state index is 11.7. The summed E-state index contributed by atoms with van der Waals surface area (Å²) in [5.74, 6) is -0.0511. The fourth-order valence-electron chi connectivity index (χ4n) is 1.33. The van der Waals surface area contributed by atoms with E-state index in [-0.39, 0.29) is 12.4 Å². The van der Waals surface area contributed by atoms with Gasteiger partial charge in [0.25, 0.3) is 0 Å². The third-order valence-electron chi connectivity index (χ3n) is 2.13. The third-order valence-corrected chi connectivity index (χ3v) is 3.51. The molecule has 1 rings (SSSR count). The standard InChI is InChI=1S/C11H13NO5S/c1-3-8-17-9-6-5-7-10(11(9)12(13)14)18(15,16)4-2/h4-7H,2-3,8H2,1H3. The SMILES string of the molecule is C=CS(=O)(=O)c1cccc(OCCC)c1[N+](=O)[O-]. The predicted octanol–water partition coefficient (Wildman–Crippen LogP) is 2.30. The molecule has 0 fully saturated rings. The largest absolute Gasteiger partial charge is 0.487 e. The van der Waals surface area contributed by atoms with Gasteiger partial charge in [0, 0.05) is 5.41 Å². The van der Waals surface area contributed by atoms with Crippen LogP contribution in [0.5, 0.6) is 5.75 Å². The molecule has 18 heavy (non-hydrogen) atoms. The highest BCUT2D eigenvalue weighted by molar-refractivity contribution is 7.94. The minimum absolute atomic E-state index is 0.0511. The molecule has 0 aliphatic rings. The first-order chi connectivity index (χ1) is 8.44. The van der Waals surface area contributed by atoms with Crippen molar-refractivity contribution >= 4 is 15.5 Å². The Balaban J connectivity index is 3.44. The second-order valence-electron chi connectivity index (χ2n) is 3.42. The molecule has 0 bridgehead atoms. The van der Waals surface area contributed by atoms with Crippen molar-refractivity contribution in [3.8, 4) is 5.75 Å². The zero-order chi connectivity index (χ0) is 13.8. The van der Waals surface area contributed by atoms with E-state index in [1.54, 1.807) is 0 Å². The molecule has 0 spiro atoms. The highest BCUT2D eigenvalue weighted by atomic mass is 32.2. The van der Waals surface area contributed by atoms with Crippen LogP contribution >= 0.6 is 0 Å². The Kier molecular flexibility index (Phi) is 4.43. The number of benzene rings is 1. The summed E-state index contributed by atoms with van der Waals surface area (Å²) in [5.41, 5.74) is -0.550. The molecule has 1 aromatic rings. The van der Waals surface area contributed by atoms with E-state index in [0.29, 0.717) is 11.8 Å². The number of nitrogens with zero attached hydrogens (tertiary/aromatic N) is 1. The van der Waals surface area contributed by atoms with Crippen molar-refractivity contribution < 1.29 is 18.1 Å². The van der Waals surface area contributed by atoms with Gasteiger partial charge in [-0.1, -0.05) is 19.6 Å². The lowest BCUT2D eigenvalue weighted by Gasteiger charge is -2.07. The zero-order valence-corrected chi connectivity index (χ0v) is 10.6. The van der Waals surface area contributed by atoms with Gasteiger partial charge in [0.05, 0.1) is 11.5 Å². The van der Waals surface area contributed by atoms with Gasteiger partial charge < -0.3 is 4.74 Å². The molecule has 0 saturated carbocycles. The van der Waals surface area contributed by atoms with Gasteiger partial charge in [-0.05, 0) is 18.6 Å². The minimum atomic E-state index is -3.88. The quantitative estimate of drug-likeness (QED) is 0.585. The molecule has 6 nitrogen and oxygen atoms in total. The van der Waals surface area contributed by atoms with E-state index < -0.39 is 25.3 Å². The lowest BCUT2D eigenvalue weighted by molar-refractivity contribution is -0.388. The van der Waals surface area contributed by atoms with E-state index in [9.17, 15) is 18.5 Å². The molecule has 7 heteroatoms. The number of nitro benzene ring substituents is 1. The Hall–Kier alpha value is -1.89. The number of hydrogen-bond donors (Lipinski definition) is 0. The van der Waals surface area contributed by atoms with E-state index in [1.165, 1.54) is 12.1 Å². The second kappa shape index (κ2) is 5.63. The van der Waals surface area contributed by atoms with Gasteiger partial charge in [0.1, 0.15) is 0 Å². The van der Waals surface area contributed by atoms with Crippen molar-refractivity contribution in [1.82, 2.24) is 0 Å². The average molecular weight is 271 g/mol. The first-order valence-corrected chi connectivity index (χ1v) is 6.76. The molecule has 98 valence electrons. The predicted molar refractivity (Wildman–Crippen MR) is 66.3 cm³/mol. The first kappa shape index (κ1) is 14.2. The second-order valence-corrected chi connectivity index (χ2v) is 5.28. The molecule has 0 N–H and O–H groups in total. The summed E-state index contributed by atoms with van der Waals surface area (Å²) in [7, 11) is -3.88. The van der Waals surface area contributed by atoms with Gasteiger partial charge in [-0.15, -0.1) is 0 Å². The number of rotatable bonds is 6. The number of sulfone groups is 1. The Morgan fingerprint density at radius 2 is 2.17 bits per heavy atom. The summed E-state index contributed by atoms with van der Waals surface area (Å²) >= 11 is 0. The van der Waals surface area contributed by atoms with Crippen LogP contribution in [0.15, 0.2) is 35.1 Å². The van der Waals surface area contributed by atoms with Crippen molar-refractivity contribution in [2.75, 3.05) is 6.61 Å². The molecular weight excluding hydrogens is 258 g/mol. The number of para-hydroxylation sites is 1. The van der Waals surface area contributed by atoms with Crippen LogP contribution < -0.4 is 4.74 Å². The number of nitro groups is 1. The molecule has 0 amide bonds. The monoisotopic (exact) mass is 271 g/mol. The summed E-state index contributed by atoms with van der Waals surface area (Å²) < 4.78 is 28.5. The Bertz CT molecular complexity index is 565. The summed E-state index contributed by atoms with van der Waals surface area (Å²) in [6.45, 7) is 5.27. The van der Waals surface area contributed by atoms with E-state index in [0.717, 1.165) is 6.07 Å². The van der Waals surface area contributed by atoms with Crippen LogP contribution in [0.1, 0.15) is 13.3 Å². The fourth-order valence-corrected chi connectivity index (χ4v) is 2.22. The van der Waals surface area contributed by atoms with Crippen molar-refractivity contribution in [3.05, 3.63) is 40.3 Å². The van der Waals surface area contributed by atoms with Gasteiger partial charge in [-0.2, -0.15) is 0 Å². The minimum Gasteiger partial charge on any atom is -0.487 e. The molecule has 0 radical (unpaired) electrons. The molecule has 0 atom stereocenters. The van der Waals surface area contributed by atoms with E-state index >= 15 is 0 Å². The highest BCUT2D eigenvalue weighted by Gasteiger charge is 2.28. The van der Waals surface area contributed by atoms with Crippen molar-refractivity contribution in [2.24, 2.45) is 0 Å². The molecular formula is C11H13NO5S. The fraction of sp³-hybridized carbons (Fsp3) is 0.273. The highest BCUT2D eigenvalue weighted by Crippen LogP contribution is 2.34. The van der Waals surface area contributed by atoms with Crippen LogP contribution in [0.4, 0.5) is 5.69 Å². The van der Waals surface area contributed by atoms with Crippen LogP contribution in [0.25, 0.3) is 0 Å². The van der Waals surface area contributed by atoms with E-state index in [1.807, 2.05) is 6.92 Å². The van der Waals surface area contributed by atoms with Crippen LogP contribution in [-0.2, 0) is 9.84 Å². The lowest BCUT2D eigenvalue weighted by Crippen LogP contribution is -2.05. The maximum Gasteiger partial charge on any atom is 0.329 e. The first-order valence-electron chi connectivity index (χ1n) is 5.21. The molecule has 0 aliphatic heterocycles. The van der Waals surface area contributed by atoms with Crippen molar-refractivity contribution in [3.63, 3.8) is 0 Å². The normalized spacial score (nSPS) is 10.9. The van der Waals surface area contributed by atoms with Gasteiger partial charge >= 0.3 is 5.69 Å². The van der Waals surface area contributed by atoms with Gasteiger partial charge in [-0.3, -0.25) is 10.1 Å². The lowest BCUT2D eigenvalue weighted by atomic mass is 10.3. The maximum absolute atomic E-state index is 11.7. The van der Waals surface area contributed by atoms with Gasteiger partial charge in [0.15, 0.2) is 10.6 Å². The average Bonchev–Trinajstić information content (AvgIpc) is 2.35. The molecule has 1 aromatic carbocycles. The Labute approximate surface area is 105 Å². The summed E-state index contributed by atoms with van der Waals surface area (Å²) in [6.07, 6.45) is 0.662. The van der Waals surface area contributed by atoms with Crippen LogP contribution in [0.3, 0.4) is 0 Å². The topological polar surface area (TPSA) is 86.5 Å². The van der Waals surface area contributed by atoms with Crippen LogP contribution in [0, 0.1) is 10.1 Å². The zero-order valence-electron chi connectivity index (χ0n) is 9.83. The molecule has 0 heterocycles. The Morgan fingerprint density at radius 3 is 2.67 bits per heavy atom. The van der Waals surface area contributed by atoms with Gasteiger partial charge in [0.2, 0.25) is 9.84 Å². The van der Waals surface area contributed by atoms with E-state index in [4.69, 9.17) is 4.74 Å².